The molecule has 2 aliphatic rings. The highest BCUT2D eigenvalue weighted by atomic mass is 32.1. The van der Waals surface area contributed by atoms with Gasteiger partial charge in [0.25, 0.3) is 0 Å². The summed E-state index contributed by atoms with van der Waals surface area (Å²) in [5.74, 6) is 1.71. The van der Waals surface area contributed by atoms with Crippen LogP contribution in [0.15, 0.2) is 22.9 Å². The van der Waals surface area contributed by atoms with Gasteiger partial charge in [0.15, 0.2) is 5.82 Å². The van der Waals surface area contributed by atoms with Crippen LogP contribution in [0.25, 0.3) is 0 Å². The van der Waals surface area contributed by atoms with Gasteiger partial charge in [0.2, 0.25) is 5.89 Å². The van der Waals surface area contributed by atoms with E-state index in [2.05, 4.69) is 32.6 Å². The number of thiazole rings is 1. The highest BCUT2D eigenvalue weighted by molar-refractivity contribution is 7.11. The molecule has 4 heterocycles. The molecular formula is C23H27N5O3S. The third-order valence-corrected chi connectivity index (χ3v) is 7.33. The summed E-state index contributed by atoms with van der Waals surface area (Å²) < 4.78 is 5.45. The molecule has 0 bridgehead atoms. The number of rotatable bonds is 10. The number of carbonyl (C=O) groups is 1. The number of aryl methyl sites for hydroxylation is 3. The van der Waals surface area contributed by atoms with Gasteiger partial charge in [-0.1, -0.05) is 11.2 Å². The highest BCUT2D eigenvalue weighted by Crippen LogP contribution is 2.43. The van der Waals surface area contributed by atoms with Crippen molar-refractivity contribution in [2.24, 2.45) is 0 Å². The lowest BCUT2D eigenvalue weighted by Gasteiger charge is -2.17. The first-order chi connectivity index (χ1) is 15.6. The Labute approximate surface area is 190 Å². The zero-order valence-electron chi connectivity index (χ0n) is 17.9. The summed E-state index contributed by atoms with van der Waals surface area (Å²) in [6, 6.07) is 4.28. The van der Waals surface area contributed by atoms with Crippen LogP contribution in [0.5, 0.6) is 0 Å². The number of carboxylic acids is 1. The van der Waals surface area contributed by atoms with Gasteiger partial charge in [0.05, 0.1) is 11.4 Å². The van der Waals surface area contributed by atoms with Gasteiger partial charge >= 0.3 is 5.97 Å². The Kier molecular flexibility index (Phi) is 6.16. The second-order valence-electron chi connectivity index (χ2n) is 8.67. The molecule has 0 amide bonds. The van der Waals surface area contributed by atoms with Crippen LogP contribution in [0, 0.1) is 0 Å². The summed E-state index contributed by atoms with van der Waals surface area (Å²) >= 11 is 1.62. The molecule has 0 aromatic carbocycles. The van der Waals surface area contributed by atoms with Crippen LogP contribution < -0.4 is 5.32 Å². The molecule has 1 fully saturated rings. The predicted molar refractivity (Wildman–Crippen MR) is 120 cm³/mol. The van der Waals surface area contributed by atoms with Gasteiger partial charge in [0.1, 0.15) is 5.82 Å². The number of carboxylic acid groups (broad SMARTS) is 1. The minimum absolute atomic E-state index is 0.0298. The fourth-order valence-corrected chi connectivity index (χ4v) is 5.30. The number of hydrogen-bond donors (Lipinski definition) is 2. The van der Waals surface area contributed by atoms with Crippen molar-refractivity contribution in [1.82, 2.24) is 20.1 Å². The van der Waals surface area contributed by atoms with E-state index in [9.17, 15) is 9.90 Å². The molecule has 1 saturated carbocycles. The second kappa shape index (κ2) is 9.36. The summed E-state index contributed by atoms with van der Waals surface area (Å²) in [6.07, 6.45) is 9.32. The van der Waals surface area contributed by atoms with E-state index in [0.29, 0.717) is 30.5 Å². The Morgan fingerprint density at radius 2 is 2.19 bits per heavy atom. The van der Waals surface area contributed by atoms with Crippen molar-refractivity contribution in [3.8, 4) is 0 Å². The lowest BCUT2D eigenvalue weighted by Crippen LogP contribution is -2.14. The van der Waals surface area contributed by atoms with E-state index in [1.807, 2.05) is 6.20 Å². The zero-order chi connectivity index (χ0) is 21.9. The number of pyridine rings is 1. The lowest BCUT2D eigenvalue weighted by atomic mass is 10.0. The Hall–Kier alpha value is -2.81. The summed E-state index contributed by atoms with van der Waals surface area (Å²) in [7, 11) is 0. The molecular weight excluding hydrogens is 426 g/mol. The molecule has 9 heteroatoms. The number of nitrogens with zero attached hydrogens (tertiary/aromatic N) is 4. The Bertz CT molecular complexity index is 1090. The topological polar surface area (TPSA) is 114 Å². The van der Waals surface area contributed by atoms with Crippen LogP contribution in [0.3, 0.4) is 0 Å². The molecule has 0 spiro atoms. The molecule has 3 aromatic rings. The van der Waals surface area contributed by atoms with E-state index in [0.717, 1.165) is 53.6 Å². The quantitative estimate of drug-likeness (QED) is 0.471. The molecule has 8 nitrogen and oxygen atoms in total. The van der Waals surface area contributed by atoms with Gasteiger partial charge in [0, 0.05) is 48.0 Å². The minimum Gasteiger partial charge on any atom is -0.481 e. The van der Waals surface area contributed by atoms with Crippen LogP contribution in [0.2, 0.25) is 0 Å². The summed E-state index contributed by atoms with van der Waals surface area (Å²) in [5, 5.41) is 18.0. The van der Waals surface area contributed by atoms with Gasteiger partial charge in [-0.3, -0.25) is 4.79 Å². The highest BCUT2D eigenvalue weighted by Gasteiger charge is 2.29. The molecule has 1 aliphatic carbocycles. The van der Waals surface area contributed by atoms with Gasteiger partial charge in [-0.2, -0.15) is 4.98 Å². The van der Waals surface area contributed by atoms with Crippen LogP contribution in [-0.2, 0) is 30.5 Å². The Morgan fingerprint density at radius 3 is 3.03 bits per heavy atom. The van der Waals surface area contributed by atoms with Crippen molar-refractivity contribution in [3.63, 3.8) is 0 Å². The summed E-state index contributed by atoms with van der Waals surface area (Å²) in [5.41, 5.74) is 2.36. The second-order valence-corrected chi connectivity index (χ2v) is 9.77. The average Bonchev–Trinajstić information content (AvgIpc) is 3.34. The minimum atomic E-state index is -0.830. The first kappa shape index (κ1) is 21.1. The molecule has 1 aliphatic heterocycles. The number of aliphatic carboxylic acids is 1. The normalized spacial score (nSPS) is 16.4. The zero-order valence-corrected chi connectivity index (χ0v) is 18.7. The van der Waals surface area contributed by atoms with Gasteiger partial charge in [-0.15, -0.1) is 11.3 Å². The van der Waals surface area contributed by atoms with Crippen molar-refractivity contribution < 1.29 is 14.4 Å². The molecule has 168 valence electrons. The third kappa shape index (κ3) is 5.15. The number of anilines is 1. The van der Waals surface area contributed by atoms with E-state index in [1.165, 1.54) is 18.4 Å². The van der Waals surface area contributed by atoms with E-state index >= 15 is 0 Å². The Balaban J connectivity index is 1.17. The molecule has 1 atom stereocenters. The fraction of sp³-hybridized carbons (Fsp3) is 0.522. The van der Waals surface area contributed by atoms with E-state index < -0.39 is 5.97 Å². The smallest absolute Gasteiger partial charge is 0.304 e. The molecule has 0 saturated heterocycles. The van der Waals surface area contributed by atoms with E-state index in [1.54, 1.807) is 11.3 Å². The maximum Gasteiger partial charge on any atom is 0.304 e. The average molecular weight is 454 g/mol. The van der Waals surface area contributed by atoms with Crippen molar-refractivity contribution >= 4 is 23.1 Å². The monoisotopic (exact) mass is 453 g/mol. The van der Waals surface area contributed by atoms with Crippen molar-refractivity contribution in [3.05, 3.63) is 51.2 Å². The predicted octanol–water partition coefficient (Wildman–Crippen LogP) is 4.13. The molecule has 0 radical (unpaired) electrons. The van der Waals surface area contributed by atoms with Gasteiger partial charge in [-0.05, 0) is 50.2 Å². The third-order valence-electron chi connectivity index (χ3n) is 6.01. The fourth-order valence-electron chi connectivity index (χ4n) is 4.11. The van der Waals surface area contributed by atoms with Crippen LogP contribution in [0.4, 0.5) is 5.82 Å². The number of fused-ring (bicyclic) bond motifs is 1. The Morgan fingerprint density at radius 1 is 1.28 bits per heavy atom. The number of nitrogens with one attached hydrogen (secondary N) is 1. The summed E-state index contributed by atoms with van der Waals surface area (Å²) in [4.78, 5) is 26.1. The largest absolute Gasteiger partial charge is 0.481 e. The molecule has 2 N–H and O–H groups in total. The first-order valence-corrected chi connectivity index (χ1v) is 12.2. The lowest BCUT2D eigenvalue weighted by molar-refractivity contribution is -0.137. The van der Waals surface area contributed by atoms with Crippen LogP contribution in [-0.4, -0.2) is 37.7 Å². The number of hydrogen-bond acceptors (Lipinski definition) is 8. The van der Waals surface area contributed by atoms with Gasteiger partial charge < -0.3 is 14.9 Å². The molecule has 5 rings (SSSR count). The standard InChI is InChI=1S/C23H27N5O3S/c29-21(30)12-16(18-13-25-23(32-18)15-6-7-15)11-20-27-19(28-31-20)5-1-4-17-9-8-14-3-2-10-24-22(14)26-17/h8-9,13,15-16H,1-7,10-12H2,(H,24,26)(H,29,30). The maximum atomic E-state index is 11.4. The SMILES string of the molecule is O=C(O)CC(Cc1nc(CCCc2ccc3c(n2)NCCC3)no1)c1cnc(C2CC2)s1. The van der Waals surface area contributed by atoms with Gasteiger partial charge in [-0.25, -0.2) is 9.97 Å². The number of aromatic nitrogens is 4. The van der Waals surface area contributed by atoms with Crippen molar-refractivity contribution in [2.75, 3.05) is 11.9 Å². The molecule has 1 unspecified atom stereocenters. The maximum absolute atomic E-state index is 11.4. The van der Waals surface area contributed by atoms with Crippen molar-refractivity contribution in [1.29, 1.82) is 0 Å². The van der Waals surface area contributed by atoms with Crippen LogP contribution >= 0.6 is 11.3 Å². The molecule has 3 aromatic heterocycles. The van der Waals surface area contributed by atoms with Crippen molar-refractivity contribution in [2.45, 2.75) is 69.6 Å². The van der Waals surface area contributed by atoms with E-state index in [-0.39, 0.29) is 12.3 Å². The van der Waals surface area contributed by atoms with Crippen LogP contribution in [0.1, 0.15) is 76.8 Å². The first-order valence-electron chi connectivity index (χ1n) is 11.4. The van der Waals surface area contributed by atoms with E-state index in [4.69, 9.17) is 9.51 Å². The summed E-state index contributed by atoms with van der Waals surface area (Å²) in [6.45, 7) is 0.987. The molecule has 32 heavy (non-hydrogen) atoms.